The molecule has 0 amide bonds. The zero-order valence-corrected chi connectivity index (χ0v) is 16.3. The first kappa shape index (κ1) is 17.8. The van der Waals surface area contributed by atoms with E-state index in [-0.39, 0.29) is 22.8 Å². The van der Waals surface area contributed by atoms with Crippen molar-refractivity contribution in [1.82, 2.24) is 24.1 Å². The first-order valence-electron chi connectivity index (χ1n) is 9.64. The number of aromatic nitrogens is 4. The number of ketones is 1. The number of hydrogen-bond donors (Lipinski definition) is 1. The number of halogens is 1. The van der Waals surface area contributed by atoms with Gasteiger partial charge in [0.1, 0.15) is 0 Å². The smallest absolute Gasteiger partial charge is 0.230 e. The number of piperazine rings is 1. The van der Waals surface area contributed by atoms with Gasteiger partial charge in [0.25, 0.3) is 0 Å². The molecule has 7 nitrogen and oxygen atoms in total. The fraction of sp³-hybridized carbons (Fsp3) is 0.286. The van der Waals surface area contributed by atoms with Crippen LogP contribution in [0.2, 0.25) is 0 Å². The molecule has 5 rings (SSSR count). The molecule has 0 spiro atoms. The molecule has 0 aromatic carbocycles. The van der Waals surface area contributed by atoms with Gasteiger partial charge in [-0.1, -0.05) is 0 Å². The average molecular weight is 392 g/mol. The van der Waals surface area contributed by atoms with Gasteiger partial charge in [-0.15, -0.1) is 0 Å². The van der Waals surface area contributed by atoms with Crippen LogP contribution in [0.25, 0.3) is 11.2 Å². The second kappa shape index (κ2) is 6.66. The third-order valence-electron chi connectivity index (χ3n) is 5.34. The minimum atomic E-state index is -0.528. The van der Waals surface area contributed by atoms with Gasteiger partial charge < -0.3 is 14.6 Å². The number of rotatable bonds is 3. The van der Waals surface area contributed by atoms with Gasteiger partial charge in [-0.3, -0.25) is 9.20 Å². The van der Waals surface area contributed by atoms with Crippen LogP contribution in [0.5, 0.6) is 0 Å². The van der Waals surface area contributed by atoms with Gasteiger partial charge in [0, 0.05) is 55.5 Å². The number of nitrogens with one attached hydrogen (secondary N) is 1. The minimum absolute atomic E-state index is 0.210. The summed E-state index contributed by atoms with van der Waals surface area (Å²) >= 11 is 0. The number of carbonyl (C=O) groups excluding carboxylic acids is 1. The molecule has 0 unspecified atom stereocenters. The van der Waals surface area contributed by atoms with Crippen LogP contribution in [0.3, 0.4) is 0 Å². The molecule has 1 aliphatic rings. The van der Waals surface area contributed by atoms with Gasteiger partial charge in [-0.2, -0.15) is 0 Å². The number of aryl methyl sites for hydroxylation is 1. The van der Waals surface area contributed by atoms with Gasteiger partial charge in [0.2, 0.25) is 5.78 Å². The third kappa shape index (κ3) is 3.05. The number of carbonyl (C=O) groups is 1. The second-order valence-electron chi connectivity index (χ2n) is 7.58. The highest BCUT2D eigenvalue weighted by molar-refractivity contribution is 6.07. The largest absolute Gasteiger partial charge is 0.369 e. The lowest BCUT2D eigenvalue weighted by molar-refractivity contribution is 0.102. The van der Waals surface area contributed by atoms with Crippen LogP contribution >= 0.6 is 0 Å². The Kier molecular flexibility index (Phi) is 4.09. The maximum absolute atomic E-state index is 14.4. The van der Waals surface area contributed by atoms with Crippen LogP contribution in [0.1, 0.15) is 28.8 Å². The van der Waals surface area contributed by atoms with Crippen LogP contribution in [-0.2, 0) is 0 Å². The summed E-state index contributed by atoms with van der Waals surface area (Å²) in [6, 6.07) is 5.68. The molecule has 0 aliphatic carbocycles. The van der Waals surface area contributed by atoms with Gasteiger partial charge in [-0.25, -0.2) is 14.4 Å². The van der Waals surface area contributed by atoms with E-state index in [0.717, 1.165) is 30.8 Å². The Morgan fingerprint density at radius 2 is 2.17 bits per heavy atom. The second-order valence-corrected chi connectivity index (χ2v) is 7.58. The summed E-state index contributed by atoms with van der Waals surface area (Å²) in [5, 5.41) is 3.43. The molecule has 5 heterocycles. The Labute approximate surface area is 166 Å². The first-order valence-corrected chi connectivity index (χ1v) is 9.64. The molecule has 1 aliphatic heterocycles. The molecule has 29 heavy (non-hydrogen) atoms. The monoisotopic (exact) mass is 392 g/mol. The van der Waals surface area contributed by atoms with Crippen molar-refractivity contribution in [2.45, 2.75) is 19.9 Å². The molecular weight excluding hydrogens is 371 g/mol. The zero-order chi connectivity index (χ0) is 20.1. The van der Waals surface area contributed by atoms with E-state index in [9.17, 15) is 9.18 Å². The lowest BCUT2D eigenvalue weighted by Crippen LogP contribution is -2.49. The summed E-state index contributed by atoms with van der Waals surface area (Å²) < 4.78 is 17.7. The van der Waals surface area contributed by atoms with Crippen molar-refractivity contribution in [3.05, 3.63) is 65.9 Å². The van der Waals surface area contributed by atoms with E-state index in [1.165, 1.54) is 10.5 Å². The van der Waals surface area contributed by atoms with E-state index >= 15 is 0 Å². The van der Waals surface area contributed by atoms with Crippen LogP contribution < -0.4 is 10.2 Å². The summed E-state index contributed by atoms with van der Waals surface area (Å²) in [5.41, 5.74) is 3.07. The molecule has 4 aromatic rings. The maximum atomic E-state index is 14.4. The van der Waals surface area contributed by atoms with Crippen molar-refractivity contribution in [2.75, 3.05) is 24.5 Å². The van der Waals surface area contributed by atoms with Crippen molar-refractivity contribution in [3.63, 3.8) is 0 Å². The predicted octanol–water partition coefficient (Wildman–Crippen LogP) is 2.46. The molecule has 1 N–H and O–H groups in total. The quantitative estimate of drug-likeness (QED) is 0.543. The summed E-state index contributed by atoms with van der Waals surface area (Å²) in [7, 11) is 0. The van der Waals surface area contributed by atoms with Gasteiger partial charge in [0.05, 0.1) is 17.4 Å². The number of fused-ring (bicyclic) bond motifs is 2. The first-order chi connectivity index (χ1) is 14.0. The van der Waals surface area contributed by atoms with E-state index in [2.05, 4.69) is 27.1 Å². The Bertz CT molecular complexity index is 1240. The zero-order valence-electron chi connectivity index (χ0n) is 16.3. The molecule has 4 aromatic heterocycles. The van der Waals surface area contributed by atoms with Crippen LogP contribution in [0.15, 0.2) is 43.0 Å². The standard InChI is InChI=1S/C21H21FN6O/c1-13-10-26(6-4-23-13)16-3-5-28-17(8-16)9-24-21(28)19(29)15-7-18(22)20-25-14(2)11-27(20)12-15/h3,5,7-9,11-13,23H,4,6,10H2,1-2H3/t13-/m0/s1. The Morgan fingerprint density at radius 3 is 3.00 bits per heavy atom. The summed E-state index contributed by atoms with van der Waals surface area (Å²) in [4.78, 5) is 23.8. The van der Waals surface area contributed by atoms with Crippen molar-refractivity contribution in [3.8, 4) is 0 Å². The highest BCUT2D eigenvalue weighted by Crippen LogP contribution is 2.21. The lowest BCUT2D eigenvalue weighted by Gasteiger charge is -2.33. The molecule has 1 saturated heterocycles. The molecule has 0 bridgehead atoms. The average Bonchev–Trinajstić information content (AvgIpc) is 3.30. The van der Waals surface area contributed by atoms with Crippen LogP contribution in [-0.4, -0.2) is 50.2 Å². The molecule has 0 radical (unpaired) electrons. The van der Waals surface area contributed by atoms with E-state index in [0.29, 0.717) is 11.7 Å². The molecule has 148 valence electrons. The SMILES string of the molecule is Cc1cn2cc(C(=O)c3ncc4cc(N5CCN[C@@H](C)C5)ccn34)cc(F)c2n1. The van der Waals surface area contributed by atoms with E-state index < -0.39 is 5.82 Å². The lowest BCUT2D eigenvalue weighted by atomic mass is 10.1. The fourth-order valence-electron chi connectivity index (χ4n) is 3.95. The summed E-state index contributed by atoms with van der Waals surface area (Å²) in [5.74, 6) is -0.601. The van der Waals surface area contributed by atoms with Crippen molar-refractivity contribution in [1.29, 1.82) is 0 Å². The molecule has 1 atom stereocenters. The predicted molar refractivity (Wildman–Crippen MR) is 108 cm³/mol. The molecular formula is C21H21FN6O. The Hall–Kier alpha value is -3.26. The number of hydrogen-bond acceptors (Lipinski definition) is 5. The van der Waals surface area contributed by atoms with E-state index in [1.54, 1.807) is 29.9 Å². The van der Waals surface area contributed by atoms with E-state index in [1.807, 2.05) is 18.3 Å². The van der Waals surface area contributed by atoms with Crippen molar-refractivity contribution >= 4 is 22.6 Å². The highest BCUT2D eigenvalue weighted by Gasteiger charge is 2.20. The van der Waals surface area contributed by atoms with Gasteiger partial charge in [0.15, 0.2) is 17.3 Å². The van der Waals surface area contributed by atoms with Crippen molar-refractivity contribution in [2.24, 2.45) is 0 Å². The maximum Gasteiger partial charge on any atom is 0.230 e. The third-order valence-corrected chi connectivity index (χ3v) is 5.34. The van der Waals surface area contributed by atoms with Gasteiger partial charge >= 0.3 is 0 Å². The number of anilines is 1. The number of nitrogens with zero attached hydrogens (tertiary/aromatic N) is 5. The fourth-order valence-corrected chi connectivity index (χ4v) is 3.95. The molecule has 0 saturated carbocycles. The van der Waals surface area contributed by atoms with Crippen LogP contribution in [0.4, 0.5) is 10.1 Å². The highest BCUT2D eigenvalue weighted by atomic mass is 19.1. The normalized spacial score (nSPS) is 17.3. The molecule has 8 heteroatoms. The summed E-state index contributed by atoms with van der Waals surface area (Å²) in [6.45, 7) is 6.76. The minimum Gasteiger partial charge on any atom is -0.369 e. The Morgan fingerprint density at radius 1 is 1.31 bits per heavy atom. The van der Waals surface area contributed by atoms with Crippen molar-refractivity contribution < 1.29 is 9.18 Å². The van der Waals surface area contributed by atoms with Crippen LogP contribution in [0, 0.1) is 12.7 Å². The summed E-state index contributed by atoms with van der Waals surface area (Å²) in [6.07, 6.45) is 6.82. The van der Waals surface area contributed by atoms with Gasteiger partial charge in [-0.05, 0) is 32.0 Å². The van der Waals surface area contributed by atoms with E-state index in [4.69, 9.17) is 0 Å². The topological polar surface area (TPSA) is 66.9 Å². The number of imidazole rings is 2. The molecule has 1 fully saturated rings. The Balaban J connectivity index is 1.51. The number of pyridine rings is 2.